The standard InChI is InChI=1S/C28H33NO3/c1-27(2)22-15-21-20(14-17-8-6-5-7-9-17)24-25(32-28(21,3)16-23(22)27)26(30)29(24)18-10-12-19(31-4)13-11-18/h5-13,20-25H,14-16H2,1-4H3/t20-,21-,22-,23+,24+,25-,28-/m1/s1. The molecule has 2 heterocycles. The van der Waals surface area contributed by atoms with Gasteiger partial charge in [-0.05, 0) is 85.1 Å². The maximum absolute atomic E-state index is 13.4. The van der Waals surface area contributed by atoms with Gasteiger partial charge < -0.3 is 14.4 Å². The predicted molar refractivity (Wildman–Crippen MR) is 125 cm³/mol. The summed E-state index contributed by atoms with van der Waals surface area (Å²) in [5, 5.41) is 0. The summed E-state index contributed by atoms with van der Waals surface area (Å²) in [5.74, 6) is 3.27. The first-order chi connectivity index (χ1) is 15.3. The molecule has 0 N–H and O–H groups in total. The minimum Gasteiger partial charge on any atom is -0.497 e. The van der Waals surface area contributed by atoms with E-state index in [0.717, 1.165) is 36.1 Å². The van der Waals surface area contributed by atoms with Crippen LogP contribution in [0.3, 0.4) is 0 Å². The Morgan fingerprint density at radius 2 is 1.72 bits per heavy atom. The molecule has 6 rings (SSSR count). The molecule has 4 aliphatic rings. The van der Waals surface area contributed by atoms with Crippen molar-refractivity contribution in [1.29, 1.82) is 0 Å². The van der Waals surface area contributed by atoms with Crippen LogP contribution >= 0.6 is 0 Å². The van der Waals surface area contributed by atoms with E-state index in [0.29, 0.717) is 17.3 Å². The van der Waals surface area contributed by atoms with Gasteiger partial charge in [0.1, 0.15) is 5.75 Å². The van der Waals surface area contributed by atoms with Crippen LogP contribution in [-0.2, 0) is 16.0 Å². The summed E-state index contributed by atoms with van der Waals surface area (Å²) in [5.41, 5.74) is 2.49. The second kappa shape index (κ2) is 6.84. The Labute approximate surface area is 190 Å². The van der Waals surface area contributed by atoms with E-state index in [-0.39, 0.29) is 23.7 Å². The number of ether oxygens (including phenoxy) is 2. The Morgan fingerprint density at radius 1 is 1.00 bits per heavy atom. The number of anilines is 1. The third-order valence-corrected chi connectivity index (χ3v) is 9.31. The summed E-state index contributed by atoms with van der Waals surface area (Å²) >= 11 is 0. The fourth-order valence-corrected chi connectivity index (χ4v) is 7.34. The largest absolute Gasteiger partial charge is 0.497 e. The Balaban J connectivity index is 1.37. The SMILES string of the molecule is COc1ccc(N2C(=O)[C@@H]3O[C@]4(C)C[C@H]5[C@@H](C[C@@H]4[C@@H](Cc4ccccc4)[C@@H]32)C5(C)C)cc1. The van der Waals surface area contributed by atoms with Crippen molar-refractivity contribution in [3.63, 3.8) is 0 Å². The van der Waals surface area contributed by atoms with E-state index in [4.69, 9.17) is 9.47 Å². The summed E-state index contributed by atoms with van der Waals surface area (Å²) in [4.78, 5) is 15.4. The van der Waals surface area contributed by atoms with E-state index in [2.05, 4.69) is 51.1 Å². The van der Waals surface area contributed by atoms with Crippen molar-refractivity contribution in [2.75, 3.05) is 12.0 Å². The number of hydrogen-bond acceptors (Lipinski definition) is 3. The van der Waals surface area contributed by atoms with E-state index in [1.54, 1.807) is 7.11 Å². The molecule has 0 bridgehead atoms. The van der Waals surface area contributed by atoms with E-state index in [1.165, 1.54) is 12.0 Å². The number of carbonyl (C=O) groups is 1. The quantitative estimate of drug-likeness (QED) is 0.632. The molecule has 2 aliphatic carbocycles. The molecule has 4 fully saturated rings. The summed E-state index contributed by atoms with van der Waals surface area (Å²) in [6.07, 6.45) is 2.95. The monoisotopic (exact) mass is 431 g/mol. The lowest BCUT2D eigenvalue weighted by Gasteiger charge is -2.62. The van der Waals surface area contributed by atoms with Gasteiger partial charge in [-0.15, -0.1) is 0 Å². The van der Waals surface area contributed by atoms with Gasteiger partial charge in [0.25, 0.3) is 5.91 Å². The van der Waals surface area contributed by atoms with Gasteiger partial charge in [-0.1, -0.05) is 44.2 Å². The number of hydrogen-bond donors (Lipinski definition) is 0. The highest BCUT2D eigenvalue weighted by Crippen LogP contribution is 2.70. The van der Waals surface area contributed by atoms with Crippen LogP contribution in [0.4, 0.5) is 5.69 Å². The van der Waals surface area contributed by atoms with Gasteiger partial charge >= 0.3 is 0 Å². The Hall–Kier alpha value is -2.33. The van der Waals surface area contributed by atoms with Gasteiger partial charge in [0.05, 0.1) is 18.8 Å². The number of β-lactam (4-membered cyclic amide) rings is 1. The summed E-state index contributed by atoms with van der Waals surface area (Å²) in [6, 6.07) is 18.8. The van der Waals surface area contributed by atoms with Gasteiger partial charge in [-0.2, -0.15) is 0 Å². The summed E-state index contributed by atoms with van der Waals surface area (Å²) in [7, 11) is 1.67. The molecule has 2 saturated carbocycles. The molecular formula is C28H33NO3. The molecule has 0 radical (unpaired) electrons. The van der Waals surface area contributed by atoms with Crippen molar-refractivity contribution in [3.8, 4) is 5.75 Å². The van der Waals surface area contributed by atoms with Crippen molar-refractivity contribution in [2.24, 2.45) is 29.1 Å². The average Bonchev–Trinajstić information content (AvgIpc) is 3.32. The number of methoxy groups -OCH3 is 1. The highest BCUT2D eigenvalue weighted by Gasteiger charge is 2.70. The molecule has 2 saturated heterocycles. The van der Waals surface area contributed by atoms with E-state index >= 15 is 0 Å². The molecule has 0 aromatic heterocycles. The molecule has 4 heteroatoms. The molecule has 168 valence electrons. The van der Waals surface area contributed by atoms with Gasteiger partial charge in [0.2, 0.25) is 0 Å². The van der Waals surface area contributed by atoms with Crippen LogP contribution in [-0.4, -0.2) is 30.8 Å². The number of carbonyl (C=O) groups excluding carboxylic acids is 1. The predicted octanol–water partition coefficient (Wildman–Crippen LogP) is 5.11. The maximum atomic E-state index is 13.4. The third kappa shape index (κ3) is 2.81. The van der Waals surface area contributed by atoms with E-state index < -0.39 is 0 Å². The van der Waals surface area contributed by atoms with Crippen molar-refractivity contribution in [2.45, 2.75) is 57.8 Å². The zero-order chi connectivity index (χ0) is 22.3. The Kier molecular flexibility index (Phi) is 4.33. The normalized spacial score (nSPS) is 38.8. The van der Waals surface area contributed by atoms with Crippen LogP contribution < -0.4 is 9.64 Å². The molecule has 1 amide bonds. The fourth-order valence-electron chi connectivity index (χ4n) is 7.34. The second-order valence-electron chi connectivity index (χ2n) is 11.2. The van der Waals surface area contributed by atoms with Crippen LogP contribution in [0.25, 0.3) is 0 Å². The maximum Gasteiger partial charge on any atom is 0.258 e. The minimum absolute atomic E-state index is 0.0904. The third-order valence-electron chi connectivity index (χ3n) is 9.31. The van der Waals surface area contributed by atoms with E-state index in [9.17, 15) is 4.79 Å². The van der Waals surface area contributed by atoms with Gasteiger partial charge in [0.15, 0.2) is 6.10 Å². The lowest BCUT2D eigenvalue weighted by molar-refractivity contribution is -0.218. The van der Waals surface area contributed by atoms with Crippen LogP contribution in [0.15, 0.2) is 54.6 Å². The van der Waals surface area contributed by atoms with Gasteiger partial charge in [-0.3, -0.25) is 4.79 Å². The number of amides is 1. The molecule has 2 aromatic rings. The highest BCUT2D eigenvalue weighted by molar-refractivity contribution is 6.05. The smallest absolute Gasteiger partial charge is 0.258 e. The van der Waals surface area contributed by atoms with Crippen LogP contribution in [0, 0.1) is 29.1 Å². The molecule has 0 unspecified atom stereocenters. The topological polar surface area (TPSA) is 38.8 Å². The van der Waals surface area contributed by atoms with Gasteiger partial charge in [-0.25, -0.2) is 0 Å². The lowest BCUT2D eigenvalue weighted by atomic mass is 9.61. The first-order valence-corrected chi connectivity index (χ1v) is 12.0. The van der Waals surface area contributed by atoms with Gasteiger partial charge in [0, 0.05) is 5.69 Å². The second-order valence-corrected chi connectivity index (χ2v) is 11.2. The first kappa shape index (κ1) is 20.3. The highest BCUT2D eigenvalue weighted by atomic mass is 16.5. The Bertz CT molecular complexity index is 1030. The molecule has 32 heavy (non-hydrogen) atoms. The molecule has 4 nitrogen and oxygen atoms in total. The van der Waals surface area contributed by atoms with Crippen LogP contribution in [0.1, 0.15) is 39.2 Å². The molecular weight excluding hydrogens is 398 g/mol. The first-order valence-electron chi connectivity index (χ1n) is 12.0. The molecule has 2 aromatic carbocycles. The fraction of sp³-hybridized carbons (Fsp3) is 0.536. The average molecular weight is 432 g/mol. The lowest BCUT2D eigenvalue weighted by Crippen LogP contribution is -2.76. The van der Waals surface area contributed by atoms with Crippen LogP contribution in [0.2, 0.25) is 0 Å². The van der Waals surface area contributed by atoms with Crippen molar-refractivity contribution >= 4 is 11.6 Å². The molecule has 2 aliphatic heterocycles. The number of benzene rings is 2. The molecule has 7 atom stereocenters. The molecule has 0 spiro atoms. The summed E-state index contributed by atoms with van der Waals surface area (Å²) in [6.45, 7) is 7.12. The van der Waals surface area contributed by atoms with Crippen molar-refractivity contribution in [3.05, 3.63) is 60.2 Å². The zero-order valence-electron chi connectivity index (χ0n) is 19.5. The van der Waals surface area contributed by atoms with E-state index in [1.807, 2.05) is 29.2 Å². The summed E-state index contributed by atoms with van der Waals surface area (Å²) < 4.78 is 12.1. The van der Waals surface area contributed by atoms with Crippen molar-refractivity contribution in [1.82, 2.24) is 0 Å². The van der Waals surface area contributed by atoms with Crippen molar-refractivity contribution < 1.29 is 14.3 Å². The zero-order valence-corrected chi connectivity index (χ0v) is 19.5. The number of nitrogens with zero attached hydrogens (tertiary/aromatic N) is 1. The Morgan fingerprint density at radius 3 is 2.41 bits per heavy atom. The minimum atomic E-state index is -0.328. The number of rotatable bonds is 4. The number of fused-ring (bicyclic) bond motifs is 3. The van der Waals surface area contributed by atoms with Crippen LogP contribution in [0.5, 0.6) is 5.75 Å².